The molecule has 0 nitrogen and oxygen atoms in total. The van der Waals surface area contributed by atoms with E-state index < -0.39 is 0 Å². The second-order valence-electron chi connectivity index (χ2n) is 2.40. The Morgan fingerprint density at radius 2 is 2.00 bits per heavy atom. The molecule has 0 amide bonds. The summed E-state index contributed by atoms with van der Waals surface area (Å²) in [6.07, 6.45) is 0. The molecule has 0 aliphatic carbocycles. The largest absolute Gasteiger partial charge is 0.135 e. The Labute approximate surface area is 79.6 Å². The van der Waals surface area contributed by atoms with Crippen LogP contribution >= 0.6 is 11.3 Å². The molecule has 12 heavy (non-hydrogen) atoms. The van der Waals surface area contributed by atoms with E-state index in [0.717, 1.165) is 4.88 Å². The lowest BCUT2D eigenvalue weighted by Crippen LogP contribution is -1.76. The van der Waals surface area contributed by atoms with Gasteiger partial charge in [-0.15, -0.1) is 11.3 Å². The third-order valence-electron chi connectivity index (χ3n) is 1.01. The summed E-state index contributed by atoms with van der Waals surface area (Å²) in [4.78, 5) is 1.16. The fraction of sp³-hybridized carbons (Fsp3) is 0.455. The minimum absolute atomic E-state index is 0.474. The maximum Gasteiger partial charge on any atom is 0.0768 e. The van der Waals surface area contributed by atoms with E-state index in [0.29, 0.717) is 5.92 Å². The van der Waals surface area contributed by atoms with Gasteiger partial charge < -0.3 is 0 Å². The van der Waals surface area contributed by atoms with Crippen LogP contribution in [0, 0.1) is 17.8 Å². The lowest BCUT2D eigenvalue weighted by molar-refractivity contribution is 0.867. The van der Waals surface area contributed by atoms with E-state index in [-0.39, 0.29) is 0 Å². The van der Waals surface area contributed by atoms with Crippen LogP contribution < -0.4 is 0 Å². The van der Waals surface area contributed by atoms with Gasteiger partial charge >= 0.3 is 0 Å². The minimum Gasteiger partial charge on any atom is -0.135 e. The van der Waals surface area contributed by atoms with Crippen molar-refractivity contribution < 1.29 is 0 Å². The summed E-state index contributed by atoms with van der Waals surface area (Å²) in [5, 5.41) is 2.05. The molecule has 0 spiro atoms. The van der Waals surface area contributed by atoms with E-state index in [2.05, 4.69) is 25.7 Å². The third kappa shape index (κ3) is 4.98. The number of hydrogen-bond donors (Lipinski definition) is 0. The number of thiophene rings is 1. The molecule has 0 saturated heterocycles. The van der Waals surface area contributed by atoms with Crippen LogP contribution in [0.25, 0.3) is 0 Å². The fourth-order valence-corrected chi connectivity index (χ4v) is 1.14. The van der Waals surface area contributed by atoms with Gasteiger partial charge in [0.2, 0.25) is 0 Å². The van der Waals surface area contributed by atoms with E-state index in [4.69, 9.17) is 0 Å². The van der Waals surface area contributed by atoms with Crippen LogP contribution in [-0.2, 0) is 0 Å². The normalized spacial score (nSPS) is 8.08. The maximum absolute atomic E-state index is 3.11. The summed E-state index contributed by atoms with van der Waals surface area (Å²) >= 11 is 1.69. The molecule has 0 fully saturated rings. The predicted molar refractivity (Wildman–Crippen MR) is 57.4 cm³/mol. The SMILES string of the molecule is CC.CC(C)C#Cc1cccs1. The van der Waals surface area contributed by atoms with Gasteiger partial charge in [-0.25, -0.2) is 0 Å². The maximum atomic E-state index is 3.11. The van der Waals surface area contributed by atoms with Crippen molar-refractivity contribution in [1.82, 2.24) is 0 Å². The van der Waals surface area contributed by atoms with Gasteiger partial charge in [-0.3, -0.25) is 0 Å². The van der Waals surface area contributed by atoms with Gasteiger partial charge in [0.15, 0.2) is 0 Å². The van der Waals surface area contributed by atoms with E-state index in [9.17, 15) is 0 Å². The molecular formula is C11H16S. The van der Waals surface area contributed by atoms with Crippen LogP contribution in [0.15, 0.2) is 17.5 Å². The van der Waals surface area contributed by atoms with E-state index in [1.165, 1.54) is 0 Å². The molecule has 1 heterocycles. The van der Waals surface area contributed by atoms with Crippen molar-refractivity contribution in [3.8, 4) is 11.8 Å². The monoisotopic (exact) mass is 180 g/mol. The fourth-order valence-electron chi connectivity index (χ4n) is 0.565. The van der Waals surface area contributed by atoms with Crippen molar-refractivity contribution in [3.63, 3.8) is 0 Å². The van der Waals surface area contributed by atoms with Crippen LogP contribution in [0.4, 0.5) is 0 Å². The first-order chi connectivity index (χ1) is 5.79. The molecule has 1 heteroatoms. The average molecular weight is 180 g/mol. The molecule has 0 aliphatic rings. The van der Waals surface area contributed by atoms with Gasteiger partial charge in [-0.1, -0.05) is 45.6 Å². The Hall–Kier alpha value is -0.740. The van der Waals surface area contributed by atoms with E-state index in [1.807, 2.05) is 31.4 Å². The number of rotatable bonds is 0. The molecule has 0 aromatic carbocycles. The molecule has 0 N–H and O–H groups in total. The Balaban J connectivity index is 0.000000561. The molecule has 0 bridgehead atoms. The summed E-state index contributed by atoms with van der Waals surface area (Å²) in [5.41, 5.74) is 0. The van der Waals surface area contributed by atoms with Gasteiger partial charge in [-0.05, 0) is 11.4 Å². The topological polar surface area (TPSA) is 0 Å². The van der Waals surface area contributed by atoms with Gasteiger partial charge in [0.05, 0.1) is 4.88 Å². The van der Waals surface area contributed by atoms with Gasteiger partial charge in [-0.2, -0.15) is 0 Å². The highest BCUT2D eigenvalue weighted by atomic mass is 32.1. The highest BCUT2D eigenvalue weighted by Crippen LogP contribution is 2.05. The quantitative estimate of drug-likeness (QED) is 0.533. The molecule has 1 rings (SSSR count). The zero-order valence-electron chi connectivity index (χ0n) is 8.22. The summed E-state index contributed by atoms with van der Waals surface area (Å²) in [6.45, 7) is 8.20. The van der Waals surface area contributed by atoms with Crippen molar-refractivity contribution in [3.05, 3.63) is 22.4 Å². The van der Waals surface area contributed by atoms with Crippen molar-refractivity contribution in [2.24, 2.45) is 5.92 Å². The van der Waals surface area contributed by atoms with Crippen molar-refractivity contribution in [2.45, 2.75) is 27.7 Å². The first-order valence-electron chi connectivity index (χ1n) is 4.34. The van der Waals surface area contributed by atoms with Gasteiger partial charge in [0, 0.05) is 5.92 Å². The van der Waals surface area contributed by atoms with Crippen LogP contribution in [-0.4, -0.2) is 0 Å². The Bertz CT molecular complexity index is 234. The zero-order chi connectivity index (χ0) is 9.40. The molecule has 66 valence electrons. The lowest BCUT2D eigenvalue weighted by Gasteiger charge is -1.84. The van der Waals surface area contributed by atoms with Crippen LogP contribution in [0.1, 0.15) is 32.6 Å². The summed E-state index contributed by atoms with van der Waals surface area (Å²) < 4.78 is 0. The summed E-state index contributed by atoms with van der Waals surface area (Å²) in [6, 6.07) is 4.06. The first-order valence-corrected chi connectivity index (χ1v) is 5.22. The van der Waals surface area contributed by atoms with Gasteiger partial charge in [0.25, 0.3) is 0 Å². The summed E-state index contributed by atoms with van der Waals surface area (Å²) in [5.74, 6) is 6.68. The molecule has 0 unspecified atom stereocenters. The second-order valence-corrected chi connectivity index (χ2v) is 3.35. The standard InChI is InChI=1S/C9H10S.C2H6/c1-8(2)5-6-9-4-3-7-10-9;1-2/h3-4,7-8H,1-2H3;1-2H3. The molecule has 1 aromatic heterocycles. The molecule has 0 radical (unpaired) electrons. The molecule has 0 atom stereocenters. The van der Waals surface area contributed by atoms with E-state index in [1.54, 1.807) is 11.3 Å². The smallest absolute Gasteiger partial charge is 0.0768 e. The van der Waals surface area contributed by atoms with Crippen LogP contribution in [0.2, 0.25) is 0 Å². The van der Waals surface area contributed by atoms with Crippen LogP contribution in [0.3, 0.4) is 0 Å². The lowest BCUT2D eigenvalue weighted by atomic mass is 10.2. The first kappa shape index (κ1) is 11.3. The Kier molecular flexibility index (Phi) is 6.51. The van der Waals surface area contributed by atoms with Crippen molar-refractivity contribution in [2.75, 3.05) is 0 Å². The average Bonchev–Trinajstić information content (AvgIpc) is 2.56. The second kappa shape index (κ2) is 6.94. The molecule has 0 saturated carbocycles. The van der Waals surface area contributed by atoms with Crippen molar-refractivity contribution in [1.29, 1.82) is 0 Å². The zero-order valence-corrected chi connectivity index (χ0v) is 9.03. The van der Waals surface area contributed by atoms with Crippen molar-refractivity contribution >= 4 is 11.3 Å². The molecule has 1 aromatic rings. The number of hydrogen-bond acceptors (Lipinski definition) is 1. The highest BCUT2D eigenvalue weighted by Gasteiger charge is 1.85. The summed E-state index contributed by atoms with van der Waals surface area (Å²) in [7, 11) is 0. The van der Waals surface area contributed by atoms with Crippen LogP contribution in [0.5, 0.6) is 0 Å². The van der Waals surface area contributed by atoms with E-state index >= 15 is 0 Å². The third-order valence-corrected chi connectivity index (χ3v) is 1.79. The predicted octanol–water partition coefficient (Wildman–Crippen LogP) is 3.78. The molecular weight excluding hydrogens is 164 g/mol. The van der Waals surface area contributed by atoms with Gasteiger partial charge in [0.1, 0.15) is 0 Å². The Morgan fingerprint density at radius 3 is 2.42 bits per heavy atom. The molecule has 0 aliphatic heterocycles. The Morgan fingerprint density at radius 1 is 1.33 bits per heavy atom. The highest BCUT2D eigenvalue weighted by molar-refractivity contribution is 7.10. The minimum atomic E-state index is 0.474.